The Kier molecular flexibility index (Phi) is 8.98. The van der Waals surface area contributed by atoms with Crippen molar-refractivity contribution in [1.29, 1.82) is 0 Å². The molecule has 1 aliphatic heterocycles. The fourth-order valence-electron chi connectivity index (χ4n) is 5.26. The Labute approximate surface area is 233 Å². The molecule has 0 N–H and O–H groups in total. The number of fused-ring (bicyclic) bond motifs is 1. The molecule has 7 nitrogen and oxygen atoms in total. The van der Waals surface area contributed by atoms with Crippen LogP contribution in [0, 0.1) is 18.8 Å². The third-order valence-corrected chi connectivity index (χ3v) is 9.67. The Hall–Kier alpha value is -2.65. The molecule has 3 heterocycles. The van der Waals surface area contributed by atoms with E-state index >= 15 is 0 Å². The number of amides is 2. The van der Waals surface area contributed by atoms with E-state index in [1.807, 2.05) is 49.1 Å². The summed E-state index contributed by atoms with van der Waals surface area (Å²) in [7, 11) is 3.41. The second kappa shape index (κ2) is 12.0. The van der Waals surface area contributed by atoms with Crippen molar-refractivity contribution >= 4 is 45.1 Å². The van der Waals surface area contributed by atoms with Gasteiger partial charge in [0.25, 0.3) is 11.5 Å². The Morgan fingerprint density at radius 3 is 2.42 bits per heavy atom. The summed E-state index contributed by atoms with van der Waals surface area (Å²) in [6.45, 7) is 10.2. The minimum atomic E-state index is -0.330. The normalized spacial score (nSPS) is 18.5. The van der Waals surface area contributed by atoms with Crippen LogP contribution in [0.5, 0.6) is 0 Å². The number of thioether (sulfide) groups is 1. The largest absolute Gasteiger partial charge is 0.344 e. The summed E-state index contributed by atoms with van der Waals surface area (Å²) >= 11 is 2.64. The third kappa shape index (κ3) is 5.99. The standard InChI is InChI=1S/C29H38N4O3S2/c1-7-22(26(34)32-16-18(2)15-19(3)17-32)37-29-30-25-23(20(4)24(38-25)28(36)31(5)6)27(35)33(29)14-13-21-11-9-8-10-12-21/h8-12,18-19,22H,7,13-17H2,1-6H3/t18-,19-,22-/m0/s1. The molecule has 0 radical (unpaired) electrons. The predicted molar refractivity (Wildman–Crippen MR) is 156 cm³/mol. The Morgan fingerprint density at radius 2 is 1.82 bits per heavy atom. The molecule has 1 saturated heterocycles. The number of thiophene rings is 1. The lowest BCUT2D eigenvalue weighted by molar-refractivity contribution is -0.133. The summed E-state index contributed by atoms with van der Waals surface area (Å²) < 4.78 is 1.71. The molecular formula is C29H38N4O3S2. The van der Waals surface area contributed by atoms with Gasteiger partial charge in [-0.05, 0) is 49.1 Å². The molecule has 4 rings (SSSR count). The summed E-state index contributed by atoms with van der Waals surface area (Å²) in [4.78, 5) is 49.9. The zero-order valence-electron chi connectivity index (χ0n) is 23.2. The van der Waals surface area contributed by atoms with Crippen molar-refractivity contribution in [2.75, 3.05) is 27.2 Å². The van der Waals surface area contributed by atoms with E-state index in [1.54, 1.807) is 18.7 Å². The molecule has 204 valence electrons. The zero-order chi connectivity index (χ0) is 27.6. The first-order valence-corrected chi connectivity index (χ1v) is 15.0. The number of piperidine rings is 1. The van der Waals surface area contributed by atoms with Gasteiger partial charge in [0.15, 0.2) is 5.16 Å². The van der Waals surface area contributed by atoms with Crippen molar-refractivity contribution in [3.05, 3.63) is 56.7 Å². The highest BCUT2D eigenvalue weighted by Gasteiger charge is 2.31. The van der Waals surface area contributed by atoms with Crippen LogP contribution in [0.3, 0.4) is 0 Å². The van der Waals surface area contributed by atoms with Crippen molar-refractivity contribution in [2.24, 2.45) is 11.8 Å². The molecule has 3 atom stereocenters. The number of carbonyl (C=O) groups excluding carboxylic acids is 2. The summed E-state index contributed by atoms with van der Waals surface area (Å²) in [5.41, 5.74) is 1.65. The maximum absolute atomic E-state index is 13.9. The molecule has 9 heteroatoms. The second-order valence-corrected chi connectivity index (χ2v) is 12.9. The van der Waals surface area contributed by atoms with Crippen LogP contribution >= 0.6 is 23.1 Å². The number of likely N-dealkylation sites (tertiary alicyclic amines) is 1. The van der Waals surface area contributed by atoms with Crippen LogP contribution < -0.4 is 5.56 Å². The molecule has 38 heavy (non-hydrogen) atoms. The van der Waals surface area contributed by atoms with E-state index in [0.29, 0.717) is 57.0 Å². The molecule has 0 aliphatic carbocycles. The molecule has 1 aliphatic rings. The lowest BCUT2D eigenvalue weighted by Gasteiger charge is -2.36. The van der Waals surface area contributed by atoms with E-state index < -0.39 is 0 Å². The van der Waals surface area contributed by atoms with Gasteiger partial charge >= 0.3 is 0 Å². The first-order valence-electron chi connectivity index (χ1n) is 13.4. The third-order valence-electron chi connectivity index (χ3n) is 7.16. The van der Waals surface area contributed by atoms with Crippen molar-refractivity contribution in [1.82, 2.24) is 19.4 Å². The van der Waals surface area contributed by atoms with E-state index in [9.17, 15) is 14.4 Å². The van der Waals surface area contributed by atoms with Gasteiger partial charge in [-0.25, -0.2) is 4.98 Å². The first-order chi connectivity index (χ1) is 18.1. The number of hydrogen-bond donors (Lipinski definition) is 0. The molecule has 0 saturated carbocycles. The molecule has 2 aromatic heterocycles. The number of nitrogens with zero attached hydrogens (tertiary/aromatic N) is 4. The number of hydrogen-bond acceptors (Lipinski definition) is 6. The van der Waals surface area contributed by atoms with Gasteiger partial charge in [-0.2, -0.15) is 0 Å². The van der Waals surface area contributed by atoms with E-state index in [-0.39, 0.29) is 22.6 Å². The molecule has 0 spiro atoms. The number of rotatable bonds is 8. The van der Waals surface area contributed by atoms with Crippen LogP contribution in [0.15, 0.2) is 40.3 Å². The topological polar surface area (TPSA) is 75.5 Å². The molecule has 0 unspecified atom stereocenters. The zero-order valence-corrected chi connectivity index (χ0v) is 24.8. The Morgan fingerprint density at radius 1 is 1.16 bits per heavy atom. The van der Waals surface area contributed by atoms with E-state index in [0.717, 1.165) is 25.1 Å². The van der Waals surface area contributed by atoms with Crippen molar-refractivity contribution < 1.29 is 9.59 Å². The lowest BCUT2D eigenvalue weighted by atomic mass is 9.91. The highest BCUT2D eigenvalue weighted by molar-refractivity contribution is 8.00. The van der Waals surface area contributed by atoms with Crippen LogP contribution in [0.2, 0.25) is 0 Å². The lowest BCUT2D eigenvalue weighted by Crippen LogP contribution is -2.46. The van der Waals surface area contributed by atoms with Crippen LogP contribution in [0.1, 0.15) is 54.4 Å². The van der Waals surface area contributed by atoms with Gasteiger partial charge in [0.2, 0.25) is 5.91 Å². The number of aryl methyl sites for hydroxylation is 2. The first kappa shape index (κ1) is 28.4. The van der Waals surface area contributed by atoms with E-state index in [2.05, 4.69) is 13.8 Å². The fourth-order valence-corrected chi connectivity index (χ4v) is 7.63. The average molecular weight is 555 g/mol. The van der Waals surface area contributed by atoms with Gasteiger partial charge in [-0.15, -0.1) is 11.3 Å². The number of aromatic nitrogens is 2. The predicted octanol–water partition coefficient (Wildman–Crippen LogP) is 5.09. The van der Waals surface area contributed by atoms with Crippen LogP contribution in [-0.2, 0) is 17.8 Å². The Bertz CT molecular complexity index is 1360. The maximum atomic E-state index is 13.9. The quantitative estimate of drug-likeness (QED) is 0.287. The molecule has 2 amide bonds. The molecule has 3 aromatic rings. The second-order valence-electron chi connectivity index (χ2n) is 10.7. The van der Waals surface area contributed by atoms with Crippen LogP contribution in [0.25, 0.3) is 10.2 Å². The van der Waals surface area contributed by atoms with Gasteiger partial charge in [0.05, 0.1) is 15.5 Å². The van der Waals surface area contributed by atoms with Crippen molar-refractivity contribution in [2.45, 2.75) is 63.9 Å². The minimum Gasteiger partial charge on any atom is -0.344 e. The van der Waals surface area contributed by atoms with E-state index in [1.165, 1.54) is 28.0 Å². The van der Waals surface area contributed by atoms with Crippen LogP contribution in [-0.4, -0.2) is 63.6 Å². The van der Waals surface area contributed by atoms with Crippen molar-refractivity contribution in [3.8, 4) is 0 Å². The van der Waals surface area contributed by atoms with Gasteiger partial charge in [-0.1, -0.05) is 62.9 Å². The summed E-state index contributed by atoms with van der Waals surface area (Å²) in [6.07, 6.45) is 2.44. The van der Waals surface area contributed by atoms with Gasteiger partial charge in [0, 0.05) is 33.7 Å². The van der Waals surface area contributed by atoms with Gasteiger partial charge < -0.3 is 9.80 Å². The monoisotopic (exact) mass is 554 g/mol. The minimum absolute atomic E-state index is 0.116. The smallest absolute Gasteiger partial charge is 0.263 e. The molecule has 0 bridgehead atoms. The SMILES string of the molecule is CC[C@H](Sc1nc2sc(C(=O)N(C)C)c(C)c2c(=O)n1CCc1ccccc1)C(=O)N1C[C@@H](C)C[C@H](C)C1. The molecular weight excluding hydrogens is 516 g/mol. The summed E-state index contributed by atoms with van der Waals surface area (Å²) in [5.74, 6) is 0.937. The van der Waals surface area contributed by atoms with Gasteiger partial charge in [-0.3, -0.25) is 19.0 Å². The average Bonchev–Trinajstić information content (AvgIpc) is 3.21. The van der Waals surface area contributed by atoms with Gasteiger partial charge in [0.1, 0.15) is 4.83 Å². The molecule has 1 fully saturated rings. The number of benzene rings is 1. The number of carbonyl (C=O) groups is 2. The highest BCUT2D eigenvalue weighted by atomic mass is 32.2. The maximum Gasteiger partial charge on any atom is 0.263 e. The van der Waals surface area contributed by atoms with Crippen molar-refractivity contribution in [3.63, 3.8) is 0 Å². The van der Waals surface area contributed by atoms with E-state index in [4.69, 9.17) is 4.98 Å². The molecule has 1 aromatic carbocycles. The fraction of sp³-hybridized carbons (Fsp3) is 0.517. The van der Waals surface area contributed by atoms with Crippen LogP contribution in [0.4, 0.5) is 0 Å². The Balaban J connectivity index is 1.74. The highest BCUT2D eigenvalue weighted by Crippen LogP contribution is 2.33. The summed E-state index contributed by atoms with van der Waals surface area (Å²) in [6, 6.07) is 10.0. The summed E-state index contributed by atoms with van der Waals surface area (Å²) in [5, 5.41) is 0.710.